The highest BCUT2D eigenvalue weighted by Gasteiger charge is 2.19. The first kappa shape index (κ1) is 13.1. The molecule has 3 nitrogen and oxygen atoms in total. The van der Waals surface area contributed by atoms with E-state index >= 15 is 0 Å². The molecule has 1 heterocycles. The Kier molecular flexibility index (Phi) is 4.03. The van der Waals surface area contributed by atoms with E-state index in [2.05, 4.69) is 43.0 Å². The Morgan fingerprint density at radius 3 is 2.50 bits per heavy atom. The van der Waals surface area contributed by atoms with Crippen LogP contribution in [0, 0.1) is 13.8 Å². The third-order valence-electron chi connectivity index (χ3n) is 3.10. The fraction of sp³-hybridized carbons (Fsp3) is 0.692. The molecule has 0 spiro atoms. The van der Waals surface area contributed by atoms with Gasteiger partial charge in [-0.15, -0.1) is 0 Å². The molecule has 1 rings (SSSR count). The van der Waals surface area contributed by atoms with Gasteiger partial charge in [-0.2, -0.15) is 0 Å². The van der Waals surface area contributed by atoms with Gasteiger partial charge in [0.05, 0.1) is 0 Å². The molecule has 0 amide bonds. The van der Waals surface area contributed by atoms with Crippen LogP contribution in [0.1, 0.15) is 57.2 Å². The van der Waals surface area contributed by atoms with Crippen molar-refractivity contribution in [3.63, 3.8) is 0 Å². The number of nitrogens with zero attached hydrogens (tertiary/aromatic N) is 2. The number of hydrogen-bond acceptors (Lipinski definition) is 3. The molecular formula is C13H23N3. The Morgan fingerprint density at radius 2 is 2.00 bits per heavy atom. The summed E-state index contributed by atoms with van der Waals surface area (Å²) in [6.07, 6.45) is 3.03. The van der Waals surface area contributed by atoms with Gasteiger partial charge < -0.3 is 5.32 Å². The van der Waals surface area contributed by atoms with Crippen LogP contribution < -0.4 is 5.32 Å². The van der Waals surface area contributed by atoms with Gasteiger partial charge in [0, 0.05) is 29.0 Å². The maximum atomic E-state index is 4.40. The van der Waals surface area contributed by atoms with Crippen LogP contribution >= 0.6 is 0 Å². The lowest BCUT2D eigenvalue weighted by molar-refractivity contribution is 0.336. The lowest BCUT2D eigenvalue weighted by Gasteiger charge is -2.29. The van der Waals surface area contributed by atoms with Crippen molar-refractivity contribution >= 4 is 0 Å². The summed E-state index contributed by atoms with van der Waals surface area (Å²) in [6.45, 7) is 12.8. The van der Waals surface area contributed by atoms with Gasteiger partial charge in [0.15, 0.2) is 0 Å². The molecule has 0 aromatic carbocycles. The number of rotatable bonds is 4. The predicted molar refractivity (Wildman–Crippen MR) is 67.4 cm³/mol. The van der Waals surface area contributed by atoms with Crippen molar-refractivity contribution in [2.75, 3.05) is 0 Å². The van der Waals surface area contributed by atoms with Crippen molar-refractivity contribution in [1.29, 1.82) is 0 Å². The molecule has 90 valence electrons. The molecule has 1 unspecified atom stereocenters. The highest BCUT2D eigenvalue weighted by atomic mass is 15.0. The summed E-state index contributed by atoms with van der Waals surface area (Å²) in [5.74, 6) is 0.836. The number of aromatic nitrogens is 2. The Bertz CT molecular complexity index is 358. The van der Waals surface area contributed by atoms with E-state index < -0.39 is 0 Å². The third kappa shape index (κ3) is 3.27. The van der Waals surface area contributed by atoms with E-state index in [0.717, 1.165) is 17.9 Å². The van der Waals surface area contributed by atoms with Crippen LogP contribution in [0.3, 0.4) is 0 Å². The Morgan fingerprint density at radius 1 is 1.38 bits per heavy atom. The van der Waals surface area contributed by atoms with Crippen LogP contribution in [-0.2, 0) is 0 Å². The second-order valence-corrected chi connectivity index (χ2v) is 5.06. The van der Waals surface area contributed by atoms with Crippen molar-refractivity contribution in [1.82, 2.24) is 15.3 Å². The third-order valence-corrected chi connectivity index (χ3v) is 3.10. The molecule has 0 saturated carbocycles. The van der Waals surface area contributed by atoms with Crippen LogP contribution in [0.5, 0.6) is 0 Å². The lowest BCUT2D eigenvalue weighted by atomic mass is 9.98. The number of aryl methyl sites for hydroxylation is 2. The standard InChI is InChI=1S/C13H23N3/c1-7-13(5,6)16-10(3)12-8-14-11(4)15-9(12)2/h8,10,16H,7H2,1-6H3. The van der Waals surface area contributed by atoms with Crippen molar-refractivity contribution in [2.45, 2.75) is 59.5 Å². The summed E-state index contributed by atoms with van der Waals surface area (Å²) in [7, 11) is 0. The molecule has 1 aromatic rings. The van der Waals surface area contributed by atoms with Crippen molar-refractivity contribution < 1.29 is 0 Å². The van der Waals surface area contributed by atoms with Gasteiger partial charge in [-0.3, -0.25) is 0 Å². The maximum Gasteiger partial charge on any atom is 0.125 e. The second kappa shape index (κ2) is 4.91. The Balaban J connectivity index is 2.84. The number of hydrogen-bond donors (Lipinski definition) is 1. The minimum Gasteiger partial charge on any atom is -0.305 e. The van der Waals surface area contributed by atoms with E-state index in [4.69, 9.17) is 0 Å². The van der Waals surface area contributed by atoms with E-state index in [-0.39, 0.29) is 11.6 Å². The minimum absolute atomic E-state index is 0.150. The van der Waals surface area contributed by atoms with Crippen molar-refractivity contribution in [3.8, 4) is 0 Å². The van der Waals surface area contributed by atoms with Gasteiger partial charge in [0.1, 0.15) is 5.82 Å². The average Bonchev–Trinajstić information content (AvgIpc) is 2.16. The van der Waals surface area contributed by atoms with Gasteiger partial charge in [0.25, 0.3) is 0 Å². The molecular weight excluding hydrogens is 198 g/mol. The minimum atomic E-state index is 0.150. The zero-order valence-electron chi connectivity index (χ0n) is 11.3. The molecule has 0 saturated heterocycles. The molecule has 0 bridgehead atoms. The SMILES string of the molecule is CCC(C)(C)NC(C)c1cnc(C)nc1C. The van der Waals surface area contributed by atoms with Crippen LogP contribution in [0.15, 0.2) is 6.20 Å². The zero-order valence-corrected chi connectivity index (χ0v) is 11.3. The smallest absolute Gasteiger partial charge is 0.125 e. The van der Waals surface area contributed by atoms with Crippen LogP contribution in [-0.4, -0.2) is 15.5 Å². The summed E-state index contributed by atoms with van der Waals surface area (Å²) in [5.41, 5.74) is 2.41. The fourth-order valence-electron chi connectivity index (χ4n) is 1.78. The van der Waals surface area contributed by atoms with Crippen LogP contribution in [0.4, 0.5) is 0 Å². The van der Waals surface area contributed by atoms with Crippen LogP contribution in [0.25, 0.3) is 0 Å². The maximum absolute atomic E-state index is 4.40. The summed E-state index contributed by atoms with van der Waals surface area (Å²) in [4.78, 5) is 8.67. The first-order valence-electron chi connectivity index (χ1n) is 5.93. The van der Waals surface area contributed by atoms with E-state index in [9.17, 15) is 0 Å². The molecule has 0 radical (unpaired) electrons. The zero-order chi connectivity index (χ0) is 12.3. The molecule has 0 aliphatic rings. The number of nitrogens with one attached hydrogen (secondary N) is 1. The normalized spacial score (nSPS) is 13.9. The largest absolute Gasteiger partial charge is 0.305 e. The first-order chi connectivity index (χ1) is 7.35. The van der Waals surface area contributed by atoms with Crippen LogP contribution in [0.2, 0.25) is 0 Å². The summed E-state index contributed by atoms with van der Waals surface area (Å²) in [6, 6.07) is 0.288. The average molecular weight is 221 g/mol. The van der Waals surface area contributed by atoms with Gasteiger partial charge in [-0.05, 0) is 41.0 Å². The highest BCUT2D eigenvalue weighted by Crippen LogP contribution is 2.19. The van der Waals surface area contributed by atoms with Gasteiger partial charge in [-0.1, -0.05) is 6.92 Å². The van der Waals surface area contributed by atoms with Crippen molar-refractivity contribution in [3.05, 3.63) is 23.3 Å². The van der Waals surface area contributed by atoms with E-state index in [1.165, 1.54) is 5.56 Å². The van der Waals surface area contributed by atoms with E-state index in [1.54, 1.807) is 0 Å². The molecule has 1 N–H and O–H groups in total. The Hall–Kier alpha value is -0.960. The van der Waals surface area contributed by atoms with Gasteiger partial charge in [0.2, 0.25) is 0 Å². The van der Waals surface area contributed by atoms with Gasteiger partial charge >= 0.3 is 0 Å². The van der Waals surface area contributed by atoms with E-state index in [0.29, 0.717) is 0 Å². The second-order valence-electron chi connectivity index (χ2n) is 5.06. The molecule has 0 aliphatic heterocycles. The lowest BCUT2D eigenvalue weighted by Crippen LogP contribution is -2.40. The monoisotopic (exact) mass is 221 g/mol. The summed E-state index contributed by atoms with van der Waals surface area (Å²) >= 11 is 0. The molecule has 16 heavy (non-hydrogen) atoms. The first-order valence-corrected chi connectivity index (χ1v) is 5.93. The summed E-state index contributed by atoms with van der Waals surface area (Å²) in [5, 5.41) is 3.60. The quantitative estimate of drug-likeness (QED) is 0.849. The molecule has 1 atom stereocenters. The van der Waals surface area contributed by atoms with Gasteiger partial charge in [-0.25, -0.2) is 9.97 Å². The topological polar surface area (TPSA) is 37.8 Å². The van der Waals surface area contributed by atoms with Crippen molar-refractivity contribution in [2.24, 2.45) is 0 Å². The molecule has 0 aliphatic carbocycles. The Labute approximate surface area is 98.7 Å². The van der Waals surface area contributed by atoms with E-state index in [1.807, 2.05) is 20.0 Å². The fourth-order valence-corrected chi connectivity index (χ4v) is 1.78. The predicted octanol–water partition coefficient (Wildman–Crippen LogP) is 2.93. The molecule has 1 aromatic heterocycles. The molecule has 3 heteroatoms. The molecule has 0 fully saturated rings. The highest BCUT2D eigenvalue weighted by molar-refractivity contribution is 5.20. The summed E-state index contributed by atoms with van der Waals surface area (Å²) < 4.78 is 0.